The van der Waals surface area contributed by atoms with Crippen LogP contribution in [0.4, 0.5) is 5.69 Å². The van der Waals surface area contributed by atoms with E-state index >= 15 is 0 Å². The van der Waals surface area contributed by atoms with Gasteiger partial charge in [0.25, 0.3) is 0 Å². The molecule has 21 heavy (non-hydrogen) atoms. The first-order chi connectivity index (χ1) is 10.1. The summed E-state index contributed by atoms with van der Waals surface area (Å²) >= 11 is 6.71. The molecule has 108 valence electrons. The molecular formula is C15H13BrN2OS2. The van der Waals surface area contributed by atoms with E-state index < -0.39 is 0 Å². The molecule has 0 aliphatic heterocycles. The van der Waals surface area contributed by atoms with Gasteiger partial charge in [0.15, 0.2) is 0 Å². The van der Waals surface area contributed by atoms with Crippen LogP contribution in [0.15, 0.2) is 49.5 Å². The number of anilines is 1. The lowest BCUT2D eigenvalue weighted by atomic mass is 10.3. The third kappa shape index (κ3) is 3.33. The Morgan fingerprint density at radius 3 is 2.95 bits per heavy atom. The molecule has 2 N–H and O–H groups in total. The van der Waals surface area contributed by atoms with Gasteiger partial charge in [-0.15, -0.1) is 23.1 Å². The van der Waals surface area contributed by atoms with E-state index in [4.69, 9.17) is 10.2 Å². The minimum absolute atomic E-state index is 0.696. The highest BCUT2D eigenvalue weighted by molar-refractivity contribution is 9.10. The van der Waals surface area contributed by atoms with Gasteiger partial charge in [-0.3, -0.25) is 0 Å². The Bertz CT molecular complexity index is 753. The third-order valence-electron chi connectivity index (χ3n) is 2.96. The molecule has 0 unspecified atom stereocenters. The molecular weight excluding hydrogens is 368 g/mol. The van der Waals surface area contributed by atoms with Crippen molar-refractivity contribution >= 4 is 44.7 Å². The smallest absolute Gasteiger partial charge is 0.236 e. The summed E-state index contributed by atoms with van der Waals surface area (Å²) in [6, 6.07) is 9.93. The average Bonchev–Trinajstić information content (AvgIpc) is 3.07. The lowest BCUT2D eigenvalue weighted by molar-refractivity contribution is 0.542. The van der Waals surface area contributed by atoms with Gasteiger partial charge in [-0.25, -0.2) is 4.98 Å². The van der Waals surface area contributed by atoms with Crippen LogP contribution in [-0.4, -0.2) is 4.98 Å². The first kappa shape index (κ1) is 14.7. The molecule has 0 aliphatic rings. The number of benzene rings is 1. The highest BCUT2D eigenvalue weighted by Gasteiger charge is 2.13. The molecule has 6 heteroatoms. The van der Waals surface area contributed by atoms with Gasteiger partial charge in [0.1, 0.15) is 5.76 Å². The Morgan fingerprint density at radius 1 is 1.38 bits per heavy atom. The summed E-state index contributed by atoms with van der Waals surface area (Å²) in [6.45, 7) is 1.95. The first-order valence-corrected chi connectivity index (χ1v) is 8.97. The lowest BCUT2D eigenvalue weighted by Gasteiger charge is -2.04. The minimum atomic E-state index is 0.696. The van der Waals surface area contributed by atoms with Gasteiger partial charge in [-0.2, -0.15) is 0 Å². The van der Waals surface area contributed by atoms with Crippen molar-refractivity contribution in [3.63, 3.8) is 0 Å². The summed E-state index contributed by atoms with van der Waals surface area (Å²) in [6.07, 6.45) is 0. The molecule has 0 atom stereocenters. The Labute approximate surface area is 139 Å². The van der Waals surface area contributed by atoms with Crippen LogP contribution < -0.4 is 5.73 Å². The molecule has 0 saturated carbocycles. The maximum absolute atomic E-state index is 6.01. The van der Waals surface area contributed by atoms with Crippen molar-refractivity contribution in [3.05, 3.63) is 51.6 Å². The van der Waals surface area contributed by atoms with E-state index in [9.17, 15) is 0 Å². The summed E-state index contributed by atoms with van der Waals surface area (Å²) in [5, 5.41) is 2.02. The summed E-state index contributed by atoms with van der Waals surface area (Å²) in [5.41, 5.74) is 7.75. The Balaban J connectivity index is 1.76. The second-order valence-corrected chi connectivity index (χ2v) is 7.35. The molecule has 3 nitrogen and oxygen atoms in total. The van der Waals surface area contributed by atoms with E-state index in [2.05, 4.69) is 20.9 Å². The SMILES string of the molecule is Cc1oc(-c2cccs2)nc1CSc1ccc(Br)cc1N. The van der Waals surface area contributed by atoms with E-state index in [1.54, 1.807) is 23.1 Å². The average molecular weight is 381 g/mol. The molecule has 0 amide bonds. The van der Waals surface area contributed by atoms with Gasteiger partial charge in [0.05, 0.1) is 10.6 Å². The first-order valence-electron chi connectivity index (χ1n) is 6.31. The molecule has 1 aromatic carbocycles. The van der Waals surface area contributed by atoms with E-state index in [-0.39, 0.29) is 0 Å². The monoisotopic (exact) mass is 380 g/mol. The van der Waals surface area contributed by atoms with Crippen LogP contribution in [0.2, 0.25) is 0 Å². The predicted molar refractivity (Wildman–Crippen MR) is 92.7 cm³/mol. The number of rotatable bonds is 4. The van der Waals surface area contributed by atoms with Crippen molar-refractivity contribution in [2.75, 3.05) is 5.73 Å². The second-order valence-electron chi connectivity index (χ2n) is 4.47. The van der Waals surface area contributed by atoms with Crippen molar-refractivity contribution in [2.24, 2.45) is 0 Å². The predicted octanol–water partition coefficient (Wildman–Crippen LogP) is 5.35. The van der Waals surface area contributed by atoms with Crippen LogP contribution in [0.3, 0.4) is 0 Å². The number of oxazole rings is 1. The fourth-order valence-electron chi connectivity index (χ4n) is 1.86. The number of nitrogens with zero attached hydrogens (tertiary/aromatic N) is 1. The maximum atomic E-state index is 6.01. The number of nitrogens with two attached hydrogens (primary N) is 1. The molecule has 0 bridgehead atoms. The molecule has 0 fully saturated rings. The molecule has 0 aliphatic carbocycles. The molecule has 2 aromatic heterocycles. The molecule has 0 saturated heterocycles. The lowest BCUT2D eigenvalue weighted by Crippen LogP contribution is -1.90. The fraction of sp³-hybridized carbons (Fsp3) is 0.133. The Morgan fingerprint density at radius 2 is 2.24 bits per heavy atom. The van der Waals surface area contributed by atoms with E-state index in [0.29, 0.717) is 5.89 Å². The summed E-state index contributed by atoms with van der Waals surface area (Å²) < 4.78 is 6.73. The van der Waals surface area contributed by atoms with Gasteiger partial charge in [-0.05, 0) is 36.6 Å². The normalized spacial score (nSPS) is 11.0. The molecule has 3 aromatic rings. The van der Waals surface area contributed by atoms with Gasteiger partial charge in [-0.1, -0.05) is 22.0 Å². The molecule has 0 spiro atoms. The van der Waals surface area contributed by atoms with Gasteiger partial charge < -0.3 is 10.2 Å². The van der Waals surface area contributed by atoms with Gasteiger partial charge in [0, 0.05) is 20.8 Å². The standard InChI is InChI=1S/C15H13BrN2OS2/c1-9-12(18-15(19-9)14-3-2-6-20-14)8-21-13-5-4-10(16)7-11(13)17/h2-7H,8,17H2,1H3. The zero-order valence-electron chi connectivity index (χ0n) is 11.3. The Kier molecular flexibility index (Phi) is 4.37. The number of aryl methyl sites for hydroxylation is 1. The second kappa shape index (κ2) is 6.25. The van der Waals surface area contributed by atoms with E-state index in [1.165, 1.54) is 0 Å². The van der Waals surface area contributed by atoms with Crippen molar-refractivity contribution in [2.45, 2.75) is 17.6 Å². The van der Waals surface area contributed by atoms with Gasteiger partial charge in [0.2, 0.25) is 5.89 Å². The number of thiophene rings is 1. The van der Waals surface area contributed by atoms with E-state index in [1.807, 2.05) is 42.6 Å². The Hall–Kier alpha value is -1.24. The summed E-state index contributed by atoms with van der Waals surface area (Å²) in [5.74, 6) is 2.30. The summed E-state index contributed by atoms with van der Waals surface area (Å²) in [4.78, 5) is 6.69. The van der Waals surface area contributed by atoms with Crippen LogP contribution >= 0.6 is 39.0 Å². The number of halogens is 1. The summed E-state index contributed by atoms with van der Waals surface area (Å²) in [7, 11) is 0. The van der Waals surface area contributed by atoms with Crippen molar-refractivity contribution < 1.29 is 4.42 Å². The number of thioether (sulfide) groups is 1. The highest BCUT2D eigenvalue weighted by atomic mass is 79.9. The van der Waals surface area contributed by atoms with Crippen LogP contribution in [0.1, 0.15) is 11.5 Å². The van der Waals surface area contributed by atoms with E-state index in [0.717, 1.165) is 37.1 Å². The number of aromatic nitrogens is 1. The number of hydrogen-bond acceptors (Lipinski definition) is 5. The molecule has 0 radical (unpaired) electrons. The highest BCUT2D eigenvalue weighted by Crippen LogP contribution is 2.32. The largest absolute Gasteiger partial charge is 0.440 e. The fourth-order valence-corrected chi connectivity index (χ4v) is 3.84. The van der Waals surface area contributed by atoms with Crippen LogP contribution in [0, 0.1) is 6.92 Å². The van der Waals surface area contributed by atoms with Crippen LogP contribution in [0.5, 0.6) is 0 Å². The molecule has 3 rings (SSSR count). The van der Waals surface area contributed by atoms with Crippen molar-refractivity contribution in [1.82, 2.24) is 4.98 Å². The topological polar surface area (TPSA) is 52.0 Å². The number of hydrogen-bond donors (Lipinski definition) is 1. The maximum Gasteiger partial charge on any atom is 0.236 e. The van der Waals surface area contributed by atoms with Gasteiger partial charge >= 0.3 is 0 Å². The zero-order valence-corrected chi connectivity index (χ0v) is 14.5. The number of nitrogen functional groups attached to an aromatic ring is 1. The van der Waals surface area contributed by atoms with Crippen LogP contribution in [-0.2, 0) is 5.75 Å². The zero-order chi connectivity index (χ0) is 14.8. The minimum Gasteiger partial charge on any atom is -0.440 e. The van der Waals surface area contributed by atoms with Crippen molar-refractivity contribution in [1.29, 1.82) is 0 Å². The van der Waals surface area contributed by atoms with Crippen LogP contribution in [0.25, 0.3) is 10.8 Å². The van der Waals surface area contributed by atoms with Crippen molar-refractivity contribution in [3.8, 4) is 10.8 Å². The quantitative estimate of drug-likeness (QED) is 0.489. The third-order valence-corrected chi connectivity index (χ3v) is 5.41. The molecule has 2 heterocycles.